The number of rotatable bonds is 6. The van der Waals surface area contributed by atoms with E-state index in [-0.39, 0.29) is 17.3 Å². The Hall–Kier alpha value is -2.38. The number of carbonyl (C=O) groups is 1. The average molecular weight is 503 g/mol. The largest absolute Gasteiger partial charge is 0.354 e. The minimum Gasteiger partial charge on any atom is -0.354 e. The summed E-state index contributed by atoms with van der Waals surface area (Å²) in [6, 6.07) is 18.7. The lowest BCUT2D eigenvalue weighted by molar-refractivity contribution is -0.125. The highest BCUT2D eigenvalue weighted by molar-refractivity contribution is 7.89. The molecule has 1 atom stereocenters. The highest BCUT2D eigenvalue weighted by atomic mass is 35.5. The summed E-state index contributed by atoms with van der Waals surface area (Å²) in [6.45, 7) is 2.38. The second-order valence-electron chi connectivity index (χ2n) is 8.13. The van der Waals surface area contributed by atoms with E-state index in [1.807, 2.05) is 37.3 Å². The first-order valence-electron chi connectivity index (χ1n) is 10.6. The van der Waals surface area contributed by atoms with Crippen molar-refractivity contribution in [1.29, 1.82) is 0 Å². The fourth-order valence-corrected chi connectivity index (χ4v) is 6.05. The van der Waals surface area contributed by atoms with Crippen molar-refractivity contribution in [3.05, 3.63) is 99.0 Å². The number of nitrogens with one attached hydrogen (secondary N) is 1. The van der Waals surface area contributed by atoms with Crippen LogP contribution in [0.3, 0.4) is 0 Å². The van der Waals surface area contributed by atoms with Crippen LogP contribution in [-0.4, -0.2) is 31.2 Å². The molecule has 1 aliphatic rings. The molecule has 1 amide bonds. The fourth-order valence-electron chi connectivity index (χ4n) is 3.98. The Kier molecular flexibility index (Phi) is 7.10. The molecule has 0 aromatic heterocycles. The molecule has 0 unspecified atom stereocenters. The zero-order valence-corrected chi connectivity index (χ0v) is 20.4. The molecule has 172 valence electrons. The smallest absolute Gasteiger partial charge is 0.244 e. The molecule has 0 spiro atoms. The second kappa shape index (κ2) is 9.85. The summed E-state index contributed by atoms with van der Waals surface area (Å²) in [7, 11) is -3.87. The highest BCUT2D eigenvalue weighted by Crippen LogP contribution is 2.29. The maximum atomic E-state index is 13.5. The molecule has 4 rings (SSSR count). The summed E-state index contributed by atoms with van der Waals surface area (Å²) in [5, 5.41) is 3.98. The molecule has 0 aliphatic carbocycles. The van der Waals surface area contributed by atoms with Crippen molar-refractivity contribution in [3.63, 3.8) is 0 Å². The summed E-state index contributed by atoms with van der Waals surface area (Å²) in [4.78, 5) is 13.4. The first-order chi connectivity index (χ1) is 15.8. The fraction of sp³-hybridized carbons (Fsp3) is 0.240. The molecule has 0 saturated carbocycles. The topological polar surface area (TPSA) is 66.5 Å². The highest BCUT2D eigenvalue weighted by Gasteiger charge is 2.39. The van der Waals surface area contributed by atoms with Gasteiger partial charge in [-0.1, -0.05) is 71.2 Å². The lowest BCUT2D eigenvalue weighted by Crippen LogP contribution is -2.52. The SMILES string of the molecule is Cc1ccc(S(=O)(=O)N2Cc3ccccc3C[C@@H]2C(=O)NCCc2ccc(Cl)cc2Cl)cc1. The van der Waals surface area contributed by atoms with E-state index in [0.29, 0.717) is 29.4 Å². The van der Waals surface area contributed by atoms with E-state index >= 15 is 0 Å². The van der Waals surface area contributed by atoms with E-state index in [2.05, 4.69) is 5.32 Å². The van der Waals surface area contributed by atoms with Gasteiger partial charge in [0.05, 0.1) is 4.90 Å². The van der Waals surface area contributed by atoms with Crippen LogP contribution in [0.4, 0.5) is 0 Å². The monoisotopic (exact) mass is 502 g/mol. The van der Waals surface area contributed by atoms with Crippen LogP contribution in [0, 0.1) is 6.92 Å². The summed E-state index contributed by atoms with van der Waals surface area (Å²) in [5.74, 6) is -0.328. The van der Waals surface area contributed by atoms with Crippen LogP contribution in [0.25, 0.3) is 0 Å². The maximum absolute atomic E-state index is 13.5. The van der Waals surface area contributed by atoms with Crippen molar-refractivity contribution in [3.8, 4) is 0 Å². The Balaban J connectivity index is 1.56. The molecule has 33 heavy (non-hydrogen) atoms. The number of amides is 1. The van der Waals surface area contributed by atoms with Crippen LogP contribution in [0.15, 0.2) is 71.6 Å². The molecule has 0 radical (unpaired) electrons. The average Bonchev–Trinajstić information content (AvgIpc) is 2.80. The molecule has 1 aliphatic heterocycles. The van der Waals surface area contributed by atoms with Crippen molar-refractivity contribution in [2.75, 3.05) is 6.54 Å². The zero-order chi connectivity index (χ0) is 23.6. The number of hydrogen-bond acceptors (Lipinski definition) is 3. The van der Waals surface area contributed by atoms with Gasteiger partial charge in [0.2, 0.25) is 15.9 Å². The van der Waals surface area contributed by atoms with Crippen molar-refractivity contribution >= 4 is 39.1 Å². The van der Waals surface area contributed by atoms with Gasteiger partial charge in [0, 0.05) is 23.1 Å². The third kappa shape index (κ3) is 5.25. The van der Waals surface area contributed by atoms with Gasteiger partial charge in [0.1, 0.15) is 6.04 Å². The Morgan fingerprint density at radius 3 is 2.42 bits per heavy atom. The van der Waals surface area contributed by atoms with Gasteiger partial charge in [-0.15, -0.1) is 0 Å². The molecule has 1 N–H and O–H groups in total. The van der Waals surface area contributed by atoms with E-state index in [0.717, 1.165) is 22.3 Å². The van der Waals surface area contributed by atoms with Crippen molar-refractivity contribution in [2.24, 2.45) is 0 Å². The van der Waals surface area contributed by atoms with Gasteiger partial charge in [-0.05, 0) is 60.7 Å². The summed E-state index contributed by atoms with van der Waals surface area (Å²) in [6.07, 6.45) is 0.824. The maximum Gasteiger partial charge on any atom is 0.244 e. The van der Waals surface area contributed by atoms with Crippen LogP contribution in [0.5, 0.6) is 0 Å². The van der Waals surface area contributed by atoms with Gasteiger partial charge in [0.25, 0.3) is 0 Å². The third-order valence-electron chi connectivity index (χ3n) is 5.84. The second-order valence-corrected chi connectivity index (χ2v) is 10.9. The number of carbonyl (C=O) groups excluding carboxylic acids is 1. The zero-order valence-electron chi connectivity index (χ0n) is 18.1. The number of hydrogen-bond donors (Lipinski definition) is 1. The number of benzene rings is 3. The molecule has 0 fully saturated rings. The normalized spacial score (nSPS) is 16.3. The predicted molar refractivity (Wildman–Crippen MR) is 131 cm³/mol. The van der Waals surface area contributed by atoms with Gasteiger partial charge >= 0.3 is 0 Å². The van der Waals surface area contributed by atoms with Gasteiger partial charge in [-0.25, -0.2) is 8.42 Å². The van der Waals surface area contributed by atoms with Crippen LogP contribution in [-0.2, 0) is 34.2 Å². The van der Waals surface area contributed by atoms with E-state index in [9.17, 15) is 13.2 Å². The number of halogens is 2. The quantitative estimate of drug-likeness (QED) is 0.527. The molecule has 3 aromatic rings. The molecule has 8 heteroatoms. The minimum absolute atomic E-state index is 0.146. The van der Waals surface area contributed by atoms with E-state index < -0.39 is 16.1 Å². The number of fused-ring (bicyclic) bond motifs is 1. The molecule has 3 aromatic carbocycles. The van der Waals surface area contributed by atoms with E-state index in [4.69, 9.17) is 23.2 Å². The first kappa shape index (κ1) is 23.8. The molecule has 5 nitrogen and oxygen atoms in total. The van der Waals surface area contributed by atoms with Gasteiger partial charge in [-0.3, -0.25) is 4.79 Å². The van der Waals surface area contributed by atoms with Crippen molar-refractivity contribution < 1.29 is 13.2 Å². The lowest BCUT2D eigenvalue weighted by atomic mass is 9.95. The van der Waals surface area contributed by atoms with Gasteiger partial charge in [0.15, 0.2) is 0 Å². The molecule has 0 bridgehead atoms. The van der Waals surface area contributed by atoms with E-state index in [1.54, 1.807) is 36.4 Å². The molecule has 1 heterocycles. The summed E-state index contributed by atoms with van der Waals surface area (Å²) >= 11 is 12.2. The third-order valence-corrected chi connectivity index (χ3v) is 8.30. The lowest BCUT2D eigenvalue weighted by Gasteiger charge is -2.35. The summed E-state index contributed by atoms with van der Waals surface area (Å²) in [5.41, 5.74) is 3.71. The van der Waals surface area contributed by atoms with Crippen LogP contribution in [0.2, 0.25) is 10.0 Å². The summed E-state index contributed by atoms with van der Waals surface area (Å²) < 4.78 is 28.3. The number of sulfonamides is 1. The van der Waals surface area contributed by atoms with Crippen molar-refractivity contribution in [1.82, 2.24) is 9.62 Å². The predicted octanol–water partition coefficient (Wildman–Crippen LogP) is 4.78. The van der Waals surface area contributed by atoms with Gasteiger partial charge in [-0.2, -0.15) is 4.31 Å². The Morgan fingerprint density at radius 1 is 1.03 bits per heavy atom. The Labute approximate surface area is 204 Å². The molecule has 0 saturated heterocycles. The van der Waals surface area contributed by atoms with Crippen LogP contribution in [0.1, 0.15) is 22.3 Å². The Bertz CT molecular complexity index is 1280. The standard InChI is InChI=1S/C25H24Cl2N2O3S/c1-17-6-10-22(11-7-17)33(31,32)29-16-20-5-3-2-4-19(20)14-24(29)25(30)28-13-12-18-8-9-21(26)15-23(18)27/h2-11,15,24H,12-14,16H2,1H3,(H,28,30)/t24-/m1/s1. The van der Waals surface area contributed by atoms with Crippen molar-refractivity contribution in [2.45, 2.75) is 37.2 Å². The minimum atomic E-state index is -3.87. The first-order valence-corrected chi connectivity index (χ1v) is 12.8. The number of aryl methyl sites for hydroxylation is 1. The molecular weight excluding hydrogens is 479 g/mol. The van der Waals surface area contributed by atoms with E-state index in [1.165, 1.54) is 4.31 Å². The number of nitrogens with zero attached hydrogens (tertiary/aromatic N) is 1. The van der Waals surface area contributed by atoms with Gasteiger partial charge < -0.3 is 5.32 Å². The van der Waals surface area contributed by atoms with Crippen LogP contribution >= 0.6 is 23.2 Å². The Morgan fingerprint density at radius 2 is 1.73 bits per heavy atom. The molecular formula is C25H24Cl2N2O3S. The van der Waals surface area contributed by atoms with Crippen LogP contribution < -0.4 is 5.32 Å².